The second-order valence-electron chi connectivity index (χ2n) is 8.90. The lowest BCUT2D eigenvalue weighted by atomic mass is 10.1. The van der Waals surface area contributed by atoms with Crippen molar-refractivity contribution in [1.82, 2.24) is 14.9 Å². The highest BCUT2D eigenvalue weighted by molar-refractivity contribution is 6.32. The van der Waals surface area contributed by atoms with Crippen LogP contribution in [0.25, 0.3) is 10.9 Å². The van der Waals surface area contributed by atoms with Crippen LogP contribution < -0.4 is 20.5 Å². The topological polar surface area (TPSA) is 94.8 Å². The third-order valence-corrected chi connectivity index (χ3v) is 6.54. The third kappa shape index (κ3) is 5.88. The Labute approximate surface area is 223 Å². The van der Waals surface area contributed by atoms with Crippen molar-refractivity contribution in [2.45, 2.75) is 12.7 Å². The van der Waals surface area contributed by atoms with Crippen LogP contribution in [0.4, 0.5) is 26.0 Å². The average Bonchev–Trinajstić information content (AvgIpc) is 2.87. The summed E-state index contributed by atoms with van der Waals surface area (Å²) in [5, 5.41) is 3.73. The van der Waals surface area contributed by atoms with Crippen molar-refractivity contribution in [2.75, 3.05) is 44.4 Å². The summed E-state index contributed by atoms with van der Waals surface area (Å²) in [4.78, 5) is 10.8. The van der Waals surface area contributed by atoms with Crippen LogP contribution in [0.2, 0.25) is 5.02 Å². The quantitative estimate of drug-likeness (QED) is 0.265. The molecule has 11 heteroatoms. The van der Waals surface area contributed by atoms with E-state index in [1.807, 2.05) is 0 Å². The molecule has 0 amide bonds. The number of fused-ring (bicyclic) bond motifs is 1. The Hall–Kier alpha value is -3.73. The molecule has 3 aromatic carbocycles. The molecule has 1 fully saturated rings. The molecule has 38 heavy (non-hydrogen) atoms. The Kier molecular flexibility index (Phi) is 7.73. The lowest BCUT2D eigenvalue weighted by Gasteiger charge is -2.37. The van der Waals surface area contributed by atoms with E-state index >= 15 is 0 Å². The van der Waals surface area contributed by atoms with Gasteiger partial charge in [-0.05, 0) is 29.8 Å². The number of hydrogen-bond donors (Lipinski definition) is 2. The molecule has 0 aliphatic carbocycles. The molecule has 0 bridgehead atoms. The first-order valence-electron chi connectivity index (χ1n) is 11.9. The van der Waals surface area contributed by atoms with Crippen molar-refractivity contribution in [1.29, 1.82) is 0 Å². The molecule has 4 aromatic rings. The second-order valence-corrected chi connectivity index (χ2v) is 9.31. The van der Waals surface area contributed by atoms with Crippen LogP contribution in [0.5, 0.6) is 11.5 Å². The first-order chi connectivity index (χ1) is 18.4. The van der Waals surface area contributed by atoms with E-state index in [1.165, 1.54) is 30.6 Å². The number of nitrogens with two attached hydrogens (primary N) is 1. The maximum atomic E-state index is 15.0. The summed E-state index contributed by atoms with van der Waals surface area (Å²) in [7, 11) is 1.71. The maximum absolute atomic E-state index is 15.0. The van der Waals surface area contributed by atoms with E-state index in [4.69, 9.17) is 31.5 Å². The second kappa shape index (κ2) is 11.3. The first kappa shape index (κ1) is 25.9. The van der Waals surface area contributed by atoms with Gasteiger partial charge in [-0.25, -0.2) is 18.7 Å². The smallest absolute Gasteiger partial charge is 0.150 e. The third-order valence-electron chi connectivity index (χ3n) is 6.25. The SMILES string of the molecule is COC1CN(CCOc2cc3ncnc(Nc4cc(Cl)c(OCc5cccc(F)c5)cc4F)c3cc2N)C1. The number of anilines is 3. The van der Waals surface area contributed by atoms with Crippen LogP contribution in [0, 0.1) is 11.6 Å². The van der Waals surface area contributed by atoms with Crippen LogP contribution in [0.15, 0.2) is 54.9 Å². The minimum absolute atomic E-state index is 0.0373. The first-order valence-corrected chi connectivity index (χ1v) is 12.3. The lowest BCUT2D eigenvalue weighted by molar-refractivity contribution is -0.0333. The van der Waals surface area contributed by atoms with Gasteiger partial charge in [0.2, 0.25) is 0 Å². The highest BCUT2D eigenvalue weighted by atomic mass is 35.5. The van der Waals surface area contributed by atoms with Gasteiger partial charge in [0.1, 0.15) is 48.5 Å². The number of likely N-dealkylation sites (tertiary alicyclic amines) is 1. The summed E-state index contributed by atoms with van der Waals surface area (Å²) < 4.78 is 45.1. The normalized spacial score (nSPS) is 13.9. The summed E-state index contributed by atoms with van der Waals surface area (Å²) in [5.41, 5.74) is 7.92. The predicted molar refractivity (Wildman–Crippen MR) is 142 cm³/mol. The van der Waals surface area contributed by atoms with Gasteiger partial charge < -0.3 is 25.3 Å². The molecule has 0 radical (unpaired) electrons. The van der Waals surface area contributed by atoms with Crippen LogP contribution in [0.1, 0.15) is 5.56 Å². The molecule has 1 aliphatic heterocycles. The van der Waals surface area contributed by atoms with Crippen molar-refractivity contribution in [2.24, 2.45) is 0 Å². The summed E-state index contributed by atoms with van der Waals surface area (Å²) in [6.07, 6.45) is 1.65. The largest absolute Gasteiger partial charge is 0.490 e. The van der Waals surface area contributed by atoms with Crippen molar-refractivity contribution < 1.29 is 23.0 Å². The van der Waals surface area contributed by atoms with Crippen molar-refractivity contribution in [3.05, 3.63) is 77.1 Å². The van der Waals surface area contributed by atoms with Gasteiger partial charge in [0.25, 0.3) is 0 Å². The average molecular weight is 542 g/mol. The van der Waals surface area contributed by atoms with Gasteiger partial charge in [-0.3, -0.25) is 4.90 Å². The Morgan fingerprint density at radius 2 is 1.92 bits per heavy atom. The Balaban J connectivity index is 1.28. The fourth-order valence-electron chi connectivity index (χ4n) is 4.11. The Morgan fingerprint density at radius 3 is 2.71 bits per heavy atom. The Morgan fingerprint density at radius 1 is 1.08 bits per heavy atom. The van der Waals surface area contributed by atoms with Gasteiger partial charge >= 0.3 is 0 Å². The molecule has 0 atom stereocenters. The van der Waals surface area contributed by atoms with Crippen molar-refractivity contribution in [3.8, 4) is 11.5 Å². The fraction of sp³-hybridized carbons (Fsp3) is 0.259. The standard InChI is InChI=1S/C27H26ClF2N5O3/c1-36-18-12-35(13-18)5-6-37-26-11-23-19(8-22(26)31)27(33-15-32-23)34-24-9-20(28)25(10-21(24)30)38-14-16-3-2-4-17(29)7-16/h2-4,7-11,15,18H,5-6,12-14,31H2,1H3,(H,32,33,34). The van der Waals surface area contributed by atoms with Gasteiger partial charge in [0.05, 0.1) is 28.0 Å². The highest BCUT2D eigenvalue weighted by Gasteiger charge is 2.25. The number of aromatic nitrogens is 2. The molecule has 1 aromatic heterocycles. The van der Waals surface area contributed by atoms with E-state index < -0.39 is 5.82 Å². The van der Waals surface area contributed by atoms with E-state index in [0.29, 0.717) is 40.3 Å². The molecule has 2 heterocycles. The molecule has 3 N–H and O–H groups in total. The van der Waals surface area contributed by atoms with Crippen molar-refractivity contribution in [3.63, 3.8) is 0 Å². The molecule has 198 valence electrons. The molecule has 0 saturated carbocycles. The number of nitrogens with one attached hydrogen (secondary N) is 1. The Bertz CT molecular complexity index is 1450. The molecular weight excluding hydrogens is 516 g/mol. The zero-order valence-corrected chi connectivity index (χ0v) is 21.3. The molecule has 0 spiro atoms. The minimum Gasteiger partial charge on any atom is -0.490 e. The number of benzene rings is 3. The lowest BCUT2D eigenvalue weighted by Crippen LogP contribution is -2.52. The highest BCUT2D eigenvalue weighted by Crippen LogP contribution is 2.35. The summed E-state index contributed by atoms with van der Waals surface area (Å²) in [6.45, 7) is 3.04. The number of ether oxygens (including phenoxy) is 3. The van der Waals surface area contributed by atoms with Gasteiger partial charge in [-0.2, -0.15) is 0 Å². The van der Waals surface area contributed by atoms with Crippen LogP contribution in [-0.4, -0.2) is 54.3 Å². The van der Waals surface area contributed by atoms with Crippen LogP contribution in [0.3, 0.4) is 0 Å². The molecule has 8 nitrogen and oxygen atoms in total. The van der Waals surface area contributed by atoms with Gasteiger partial charge in [0.15, 0.2) is 0 Å². The van der Waals surface area contributed by atoms with E-state index in [9.17, 15) is 8.78 Å². The van der Waals surface area contributed by atoms with Crippen LogP contribution in [-0.2, 0) is 11.3 Å². The van der Waals surface area contributed by atoms with Gasteiger partial charge in [-0.15, -0.1) is 0 Å². The zero-order chi connectivity index (χ0) is 26.6. The molecular formula is C27H26ClF2N5O3. The summed E-state index contributed by atoms with van der Waals surface area (Å²) in [5.74, 6) is 0.00742. The number of nitrogen functional groups attached to an aromatic ring is 1. The number of rotatable bonds is 10. The predicted octanol–water partition coefficient (Wildman–Crippen LogP) is 5.18. The van der Waals surface area contributed by atoms with E-state index in [-0.39, 0.29) is 35.0 Å². The minimum atomic E-state index is -0.606. The number of hydrogen-bond acceptors (Lipinski definition) is 8. The van der Waals surface area contributed by atoms with Crippen LogP contribution >= 0.6 is 11.6 Å². The molecule has 5 rings (SSSR count). The van der Waals surface area contributed by atoms with Gasteiger partial charge in [0, 0.05) is 44.3 Å². The van der Waals surface area contributed by atoms with E-state index in [0.717, 1.165) is 19.6 Å². The van der Waals surface area contributed by atoms with E-state index in [1.54, 1.807) is 31.4 Å². The summed E-state index contributed by atoms with van der Waals surface area (Å²) >= 11 is 6.35. The number of methoxy groups -OCH3 is 1. The molecule has 1 aliphatic rings. The summed E-state index contributed by atoms with van der Waals surface area (Å²) in [6, 6.07) is 11.9. The van der Waals surface area contributed by atoms with E-state index in [2.05, 4.69) is 20.2 Å². The maximum Gasteiger partial charge on any atom is 0.150 e. The zero-order valence-electron chi connectivity index (χ0n) is 20.6. The van der Waals surface area contributed by atoms with Gasteiger partial charge in [-0.1, -0.05) is 23.7 Å². The molecule has 0 unspecified atom stereocenters. The number of nitrogens with zero attached hydrogens (tertiary/aromatic N) is 3. The fourth-order valence-corrected chi connectivity index (χ4v) is 4.33. The van der Waals surface area contributed by atoms with Crippen molar-refractivity contribution >= 4 is 39.7 Å². The number of halogens is 3. The molecule has 1 saturated heterocycles. The monoisotopic (exact) mass is 541 g/mol.